The van der Waals surface area contributed by atoms with E-state index in [0.29, 0.717) is 0 Å². The number of aromatic nitrogens is 3. The van der Waals surface area contributed by atoms with E-state index in [9.17, 15) is 0 Å². The van der Waals surface area contributed by atoms with Crippen LogP contribution in [0.4, 0.5) is 5.69 Å². The van der Waals surface area contributed by atoms with Crippen molar-refractivity contribution in [1.82, 2.24) is 14.4 Å². The van der Waals surface area contributed by atoms with Gasteiger partial charge in [0, 0.05) is 19.4 Å². The van der Waals surface area contributed by atoms with E-state index in [0.717, 1.165) is 27.3 Å². The number of nitrogens with one attached hydrogen (secondary N) is 1. The van der Waals surface area contributed by atoms with Crippen molar-refractivity contribution in [3.63, 3.8) is 0 Å². The number of hydrogen-bond acceptors (Lipinski definition) is 3. The lowest BCUT2D eigenvalue weighted by Gasteiger charge is -2.03. The average Bonchev–Trinajstić information content (AvgIpc) is 2.76. The molecule has 0 aliphatic carbocycles. The third kappa shape index (κ3) is 1.76. The molecule has 0 aliphatic rings. The van der Waals surface area contributed by atoms with Crippen LogP contribution in [0, 0.1) is 0 Å². The summed E-state index contributed by atoms with van der Waals surface area (Å²) in [5, 5.41) is 3.12. The monoisotopic (exact) mass is 302 g/mol. The van der Waals surface area contributed by atoms with E-state index in [1.165, 1.54) is 0 Å². The zero-order valence-electron chi connectivity index (χ0n) is 9.76. The van der Waals surface area contributed by atoms with Gasteiger partial charge < -0.3 is 5.32 Å². The van der Waals surface area contributed by atoms with Crippen LogP contribution in [-0.2, 0) is 0 Å². The predicted octanol–water partition coefficient (Wildman–Crippen LogP) is 3.20. The second-order valence-corrected chi connectivity index (χ2v) is 4.62. The normalized spacial score (nSPS) is 10.8. The molecule has 0 fully saturated rings. The molecule has 18 heavy (non-hydrogen) atoms. The van der Waals surface area contributed by atoms with Crippen molar-refractivity contribution < 1.29 is 0 Å². The number of pyridine rings is 2. The maximum Gasteiger partial charge on any atom is 0.164 e. The van der Waals surface area contributed by atoms with Crippen molar-refractivity contribution in [3.05, 3.63) is 47.3 Å². The molecule has 0 unspecified atom stereocenters. The maximum atomic E-state index is 4.52. The molecule has 0 saturated carbocycles. The minimum Gasteiger partial charge on any atom is -0.387 e. The number of nitrogens with zero attached hydrogens (tertiary/aromatic N) is 3. The number of imidazole rings is 1. The molecule has 0 atom stereocenters. The quantitative estimate of drug-likeness (QED) is 0.790. The highest BCUT2D eigenvalue weighted by molar-refractivity contribution is 9.10. The van der Waals surface area contributed by atoms with Gasteiger partial charge in [0.1, 0.15) is 10.3 Å². The Morgan fingerprint density at radius 3 is 2.83 bits per heavy atom. The van der Waals surface area contributed by atoms with Crippen molar-refractivity contribution in [2.45, 2.75) is 0 Å². The van der Waals surface area contributed by atoms with Gasteiger partial charge in [-0.25, -0.2) is 4.98 Å². The standard InChI is InChI=1S/C13H11BrN4/c1-15-9-5-6-11-12(14)17-13(18(11)8-9)10-4-2-3-7-16-10/h2-8,15H,1H3. The topological polar surface area (TPSA) is 42.2 Å². The molecule has 3 aromatic heterocycles. The minimum absolute atomic E-state index is 0.825. The van der Waals surface area contributed by atoms with Gasteiger partial charge in [-0.05, 0) is 40.2 Å². The molecule has 5 heteroatoms. The number of halogens is 1. The summed E-state index contributed by atoms with van der Waals surface area (Å²) in [5.74, 6) is 0.828. The number of anilines is 1. The van der Waals surface area contributed by atoms with Gasteiger partial charge in [-0.2, -0.15) is 0 Å². The first-order valence-electron chi connectivity index (χ1n) is 5.56. The first-order chi connectivity index (χ1) is 8.79. The lowest BCUT2D eigenvalue weighted by molar-refractivity contribution is 1.13. The second kappa shape index (κ2) is 4.42. The minimum atomic E-state index is 0.825. The summed E-state index contributed by atoms with van der Waals surface area (Å²) < 4.78 is 2.85. The molecular weight excluding hydrogens is 292 g/mol. The fourth-order valence-electron chi connectivity index (χ4n) is 1.87. The first kappa shape index (κ1) is 11.2. The molecule has 3 rings (SSSR count). The summed E-state index contributed by atoms with van der Waals surface area (Å²) in [4.78, 5) is 8.87. The molecule has 0 aliphatic heterocycles. The Balaban J connectivity index is 2.29. The highest BCUT2D eigenvalue weighted by atomic mass is 79.9. The van der Waals surface area contributed by atoms with Crippen molar-refractivity contribution in [2.75, 3.05) is 12.4 Å². The molecule has 3 aromatic rings. The van der Waals surface area contributed by atoms with Crippen LogP contribution < -0.4 is 5.32 Å². The molecule has 0 saturated heterocycles. The second-order valence-electron chi connectivity index (χ2n) is 3.86. The van der Waals surface area contributed by atoms with Gasteiger partial charge in [-0.15, -0.1) is 0 Å². The molecular formula is C13H11BrN4. The van der Waals surface area contributed by atoms with Gasteiger partial charge in [0.25, 0.3) is 0 Å². The SMILES string of the molecule is CNc1ccc2c(Br)nc(-c3ccccn3)n2c1. The summed E-state index contributed by atoms with van der Waals surface area (Å²) in [6.07, 6.45) is 3.78. The van der Waals surface area contributed by atoms with Crippen molar-refractivity contribution in [2.24, 2.45) is 0 Å². The molecule has 1 N–H and O–H groups in total. The highest BCUT2D eigenvalue weighted by Gasteiger charge is 2.11. The van der Waals surface area contributed by atoms with E-state index in [-0.39, 0.29) is 0 Å². The first-order valence-corrected chi connectivity index (χ1v) is 6.35. The molecule has 0 aromatic carbocycles. The third-order valence-electron chi connectivity index (χ3n) is 2.77. The molecule has 90 valence electrons. The van der Waals surface area contributed by atoms with E-state index in [2.05, 4.69) is 31.2 Å². The summed E-state index contributed by atoms with van der Waals surface area (Å²) in [6, 6.07) is 9.85. The van der Waals surface area contributed by atoms with E-state index in [4.69, 9.17) is 0 Å². The van der Waals surface area contributed by atoms with Crippen LogP contribution in [0.1, 0.15) is 0 Å². The Morgan fingerprint density at radius 1 is 1.22 bits per heavy atom. The molecule has 0 amide bonds. The molecule has 0 spiro atoms. The lowest BCUT2D eigenvalue weighted by Crippen LogP contribution is -1.94. The maximum absolute atomic E-state index is 4.52. The van der Waals surface area contributed by atoms with Gasteiger partial charge >= 0.3 is 0 Å². The Hall–Kier alpha value is -1.88. The Labute approximate surface area is 113 Å². The van der Waals surface area contributed by atoms with Gasteiger partial charge in [0.15, 0.2) is 5.82 Å². The van der Waals surface area contributed by atoms with Crippen LogP contribution in [0.15, 0.2) is 47.3 Å². The summed E-state index contributed by atoms with van der Waals surface area (Å²) in [5.41, 5.74) is 2.91. The van der Waals surface area contributed by atoms with Crippen LogP contribution >= 0.6 is 15.9 Å². The molecule has 0 radical (unpaired) electrons. The molecule has 0 bridgehead atoms. The van der Waals surface area contributed by atoms with Crippen molar-refractivity contribution in [1.29, 1.82) is 0 Å². The highest BCUT2D eigenvalue weighted by Crippen LogP contribution is 2.26. The van der Waals surface area contributed by atoms with E-state index < -0.39 is 0 Å². The Morgan fingerprint density at radius 2 is 2.11 bits per heavy atom. The average molecular weight is 303 g/mol. The largest absolute Gasteiger partial charge is 0.387 e. The number of rotatable bonds is 2. The van der Waals surface area contributed by atoms with E-state index in [1.807, 2.05) is 48.0 Å². The summed E-state index contributed by atoms with van der Waals surface area (Å²) in [6.45, 7) is 0. The van der Waals surface area contributed by atoms with Crippen LogP contribution in [0.5, 0.6) is 0 Å². The fourth-order valence-corrected chi connectivity index (χ4v) is 2.36. The Kier molecular flexibility index (Phi) is 2.76. The van der Waals surface area contributed by atoms with Gasteiger partial charge in [-0.3, -0.25) is 9.38 Å². The zero-order valence-corrected chi connectivity index (χ0v) is 11.3. The van der Waals surface area contributed by atoms with Crippen LogP contribution in [0.25, 0.3) is 17.0 Å². The lowest BCUT2D eigenvalue weighted by atomic mass is 10.3. The predicted molar refractivity (Wildman–Crippen MR) is 75.7 cm³/mol. The smallest absolute Gasteiger partial charge is 0.164 e. The number of fused-ring (bicyclic) bond motifs is 1. The summed E-state index contributed by atoms with van der Waals surface area (Å²) in [7, 11) is 1.90. The van der Waals surface area contributed by atoms with E-state index in [1.54, 1.807) is 6.20 Å². The molecule has 4 nitrogen and oxygen atoms in total. The van der Waals surface area contributed by atoms with Crippen molar-refractivity contribution >= 4 is 27.1 Å². The number of hydrogen-bond donors (Lipinski definition) is 1. The van der Waals surface area contributed by atoms with Crippen LogP contribution in [0.3, 0.4) is 0 Å². The van der Waals surface area contributed by atoms with Gasteiger partial charge in [0.2, 0.25) is 0 Å². The van der Waals surface area contributed by atoms with Gasteiger partial charge in [-0.1, -0.05) is 6.07 Å². The van der Waals surface area contributed by atoms with E-state index >= 15 is 0 Å². The fraction of sp³-hybridized carbons (Fsp3) is 0.0769. The third-order valence-corrected chi connectivity index (χ3v) is 3.36. The van der Waals surface area contributed by atoms with Crippen LogP contribution in [0.2, 0.25) is 0 Å². The zero-order chi connectivity index (χ0) is 12.5. The Bertz CT molecular complexity index is 691. The van der Waals surface area contributed by atoms with Crippen molar-refractivity contribution in [3.8, 4) is 11.5 Å². The van der Waals surface area contributed by atoms with Gasteiger partial charge in [0.05, 0.1) is 11.2 Å². The summed E-state index contributed by atoms with van der Waals surface area (Å²) >= 11 is 3.48. The van der Waals surface area contributed by atoms with Crippen LogP contribution in [-0.4, -0.2) is 21.4 Å². The molecule has 3 heterocycles.